The lowest BCUT2D eigenvalue weighted by Gasteiger charge is -2.10. The number of nitrogens with one attached hydrogen (secondary N) is 2. The maximum Gasteiger partial charge on any atom is 0.191 e. The molecular formula is C11H17IN4. The molecule has 0 atom stereocenters. The third kappa shape index (κ3) is 4.34. The minimum absolute atomic E-state index is 0. The fourth-order valence-electron chi connectivity index (χ4n) is 1.29. The van der Waals surface area contributed by atoms with Gasteiger partial charge in [0.15, 0.2) is 5.96 Å². The van der Waals surface area contributed by atoms with E-state index in [1.165, 1.54) is 12.8 Å². The molecule has 88 valence electrons. The van der Waals surface area contributed by atoms with Crippen molar-refractivity contribution in [3.63, 3.8) is 0 Å². The smallest absolute Gasteiger partial charge is 0.191 e. The van der Waals surface area contributed by atoms with Gasteiger partial charge in [0.25, 0.3) is 0 Å². The molecule has 16 heavy (non-hydrogen) atoms. The number of aromatic nitrogens is 1. The third-order valence-electron chi connectivity index (χ3n) is 2.30. The number of hydrogen-bond acceptors (Lipinski definition) is 2. The van der Waals surface area contributed by atoms with Gasteiger partial charge in [0, 0.05) is 19.3 Å². The van der Waals surface area contributed by atoms with Crippen LogP contribution in [0.15, 0.2) is 29.4 Å². The normalized spacial score (nSPS) is 15.2. The van der Waals surface area contributed by atoms with E-state index >= 15 is 0 Å². The summed E-state index contributed by atoms with van der Waals surface area (Å²) in [7, 11) is 1.79. The predicted molar refractivity (Wildman–Crippen MR) is 76.0 cm³/mol. The fourth-order valence-corrected chi connectivity index (χ4v) is 1.29. The van der Waals surface area contributed by atoms with Gasteiger partial charge in [-0.3, -0.25) is 9.98 Å². The molecule has 0 radical (unpaired) electrons. The molecule has 0 unspecified atom stereocenters. The molecule has 1 aliphatic rings. The summed E-state index contributed by atoms with van der Waals surface area (Å²) in [6, 6.07) is 6.53. The van der Waals surface area contributed by atoms with E-state index in [9.17, 15) is 0 Å². The highest BCUT2D eigenvalue weighted by atomic mass is 127. The lowest BCUT2D eigenvalue weighted by Crippen LogP contribution is -2.38. The molecule has 1 saturated carbocycles. The summed E-state index contributed by atoms with van der Waals surface area (Å²) in [6.45, 7) is 0.716. The monoisotopic (exact) mass is 332 g/mol. The van der Waals surface area contributed by atoms with Crippen molar-refractivity contribution < 1.29 is 0 Å². The van der Waals surface area contributed by atoms with E-state index in [4.69, 9.17) is 0 Å². The van der Waals surface area contributed by atoms with Crippen molar-refractivity contribution >= 4 is 29.9 Å². The van der Waals surface area contributed by atoms with Gasteiger partial charge in [-0.1, -0.05) is 6.07 Å². The molecule has 1 heterocycles. The number of hydrogen-bond donors (Lipinski definition) is 2. The summed E-state index contributed by atoms with van der Waals surface area (Å²) in [5.74, 6) is 0.864. The molecule has 0 aliphatic heterocycles. The number of nitrogens with zero attached hydrogens (tertiary/aromatic N) is 2. The average molecular weight is 332 g/mol. The van der Waals surface area contributed by atoms with Crippen molar-refractivity contribution in [2.75, 3.05) is 7.05 Å². The van der Waals surface area contributed by atoms with Crippen LogP contribution in [0, 0.1) is 0 Å². The Hall–Kier alpha value is -0.850. The number of pyridine rings is 1. The van der Waals surface area contributed by atoms with Crippen LogP contribution in [-0.4, -0.2) is 24.0 Å². The van der Waals surface area contributed by atoms with Gasteiger partial charge in [0.2, 0.25) is 0 Å². The molecule has 2 N–H and O–H groups in total. The van der Waals surface area contributed by atoms with Crippen molar-refractivity contribution in [3.8, 4) is 0 Å². The minimum atomic E-state index is 0. The second-order valence-electron chi connectivity index (χ2n) is 3.67. The number of aliphatic imine (C=N–C) groups is 1. The van der Waals surface area contributed by atoms with Gasteiger partial charge >= 0.3 is 0 Å². The van der Waals surface area contributed by atoms with Gasteiger partial charge in [0.05, 0.1) is 12.2 Å². The first-order chi connectivity index (χ1) is 7.38. The van der Waals surface area contributed by atoms with Crippen LogP contribution >= 0.6 is 24.0 Å². The molecule has 0 spiro atoms. The molecule has 1 aromatic rings. The lowest BCUT2D eigenvalue weighted by atomic mass is 10.3. The lowest BCUT2D eigenvalue weighted by molar-refractivity contribution is 0.791. The Morgan fingerprint density at radius 3 is 2.88 bits per heavy atom. The molecule has 0 amide bonds. The van der Waals surface area contributed by atoms with Gasteiger partial charge in [-0.25, -0.2) is 0 Å². The Morgan fingerprint density at radius 2 is 2.31 bits per heavy atom. The van der Waals surface area contributed by atoms with Crippen molar-refractivity contribution in [1.82, 2.24) is 15.6 Å². The van der Waals surface area contributed by atoms with E-state index in [2.05, 4.69) is 20.6 Å². The van der Waals surface area contributed by atoms with Gasteiger partial charge in [-0.05, 0) is 25.0 Å². The summed E-state index contributed by atoms with van der Waals surface area (Å²) >= 11 is 0. The maximum absolute atomic E-state index is 4.23. The highest BCUT2D eigenvalue weighted by molar-refractivity contribution is 14.0. The summed E-state index contributed by atoms with van der Waals surface area (Å²) in [4.78, 5) is 8.38. The quantitative estimate of drug-likeness (QED) is 0.501. The van der Waals surface area contributed by atoms with Crippen LogP contribution in [0.3, 0.4) is 0 Å². The zero-order valence-electron chi connectivity index (χ0n) is 9.31. The minimum Gasteiger partial charge on any atom is -0.354 e. The Balaban J connectivity index is 0.00000128. The maximum atomic E-state index is 4.23. The van der Waals surface area contributed by atoms with Gasteiger partial charge < -0.3 is 10.6 Å². The first kappa shape index (κ1) is 13.2. The topological polar surface area (TPSA) is 49.3 Å². The third-order valence-corrected chi connectivity index (χ3v) is 2.30. The van der Waals surface area contributed by atoms with Gasteiger partial charge in [-0.2, -0.15) is 0 Å². The molecule has 1 aromatic heterocycles. The second-order valence-corrected chi connectivity index (χ2v) is 3.67. The average Bonchev–Trinajstić information content (AvgIpc) is 3.09. The number of guanidine groups is 1. The van der Waals surface area contributed by atoms with Crippen molar-refractivity contribution in [2.24, 2.45) is 4.99 Å². The standard InChI is InChI=1S/C11H16N4.HI/c1-12-11(15-9-5-6-9)14-8-10-4-2-3-7-13-10;/h2-4,7,9H,5-6,8H2,1H3,(H2,12,14,15);1H. The van der Waals surface area contributed by atoms with Crippen LogP contribution < -0.4 is 10.6 Å². The van der Waals surface area contributed by atoms with Crippen LogP contribution in [0.4, 0.5) is 0 Å². The molecule has 1 fully saturated rings. The van der Waals surface area contributed by atoms with E-state index in [1.54, 1.807) is 13.2 Å². The van der Waals surface area contributed by atoms with Crippen LogP contribution in [0.5, 0.6) is 0 Å². The van der Waals surface area contributed by atoms with E-state index in [-0.39, 0.29) is 24.0 Å². The summed E-state index contributed by atoms with van der Waals surface area (Å²) in [5, 5.41) is 6.56. The Bertz CT molecular complexity index is 335. The SMILES string of the molecule is CN=C(NCc1ccccn1)NC1CC1.I. The van der Waals surface area contributed by atoms with E-state index in [1.807, 2.05) is 18.2 Å². The van der Waals surface area contributed by atoms with Gasteiger partial charge in [0.1, 0.15) is 0 Å². The molecular weight excluding hydrogens is 315 g/mol. The molecule has 0 saturated heterocycles. The highest BCUT2D eigenvalue weighted by Gasteiger charge is 2.21. The molecule has 2 rings (SSSR count). The predicted octanol–water partition coefficient (Wildman–Crippen LogP) is 1.53. The van der Waals surface area contributed by atoms with Crippen LogP contribution in [0.2, 0.25) is 0 Å². The van der Waals surface area contributed by atoms with E-state index in [0.717, 1.165) is 11.7 Å². The first-order valence-corrected chi connectivity index (χ1v) is 5.25. The Morgan fingerprint density at radius 1 is 1.50 bits per heavy atom. The molecule has 0 aromatic carbocycles. The highest BCUT2D eigenvalue weighted by Crippen LogP contribution is 2.18. The van der Waals surface area contributed by atoms with E-state index < -0.39 is 0 Å². The van der Waals surface area contributed by atoms with Crippen LogP contribution in [0.1, 0.15) is 18.5 Å². The van der Waals surface area contributed by atoms with Crippen LogP contribution in [-0.2, 0) is 6.54 Å². The number of halogens is 1. The fraction of sp³-hybridized carbons (Fsp3) is 0.455. The summed E-state index contributed by atoms with van der Waals surface area (Å²) < 4.78 is 0. The Kier molecular flexibility index (Phi) is 5.51. The zero-order chi connectivity index (χ0) is 10.5. The largest absolute Gasteiger partial charge is 0.354 e. The summed E-state index contributed by atoms with van der Waals surface area (Å²) in [5.41, 5.74) is 1.02. The van der Waals surface area contributed by atoms with Gasteiger partial charge in [-0.15, -0.1) is 24.0 Å². The molecule has 1 aliphatic carbocycles. The van der Waals surface area contributed by atoms with E-state index in [0.29, 0.717) is 12.6 Å². The first-order valence-electron chi connectivity index (χ1n) is 5.25. The molecule has 4 nitrogen and oxygen atoms in total. The van der Waals surface area contributed by atoms with Crippen LogP contribution in [0.25, 0.3) is 0 Å². The Labute approximate surface area is 113 Å². The summed E-state index contributed by atoms with van der Waals surface area (Å²) in [6.07, 6.45) is 4.31. The zero-order valence-corrected chi connectivity index (χ0v) is 11.6. The number of rotatable bonds is 3. The van der Waals surface area contributed by atoms with Crippen molar-refractivity contribution in [3.05, 3.63) is 30.1 Å². The second kappa shape index (κ2) is 6.67. The van der Waals surface area contributed by atoms with Crippen molar-refractivity contribution in [2.45, 2.75) is 25.4 Å². The van der Waals surface area contributed by atoms with Crippen molar-refractivity contribution in [1.29, 1.82) is 0 Å². The molecule has 5 heteroatoms. The molecule has 0 bridgehead atoms.